The lowest BCUT2D eigenvalue weighted by atomic mass is 9.97. The Morgan fingerprint density at radius 3 is 1.76 bits per heavy atom. The van der Waals surface area contributed by atoms with E-state index in [9.17, 15) is 0 Å². The van der Waals surface area contributed by atoms with Crippen LogP contribution in [0.2, 0.25) is 0 Å². The van der Waals surface area contributed by atoms with Crippen molar-refractivity contribution in [3.05, 3.63) is 212 Å². The Bertz CT molecular complexity index is 3870. The molecular weight excluding hydrogens is 775 g/mol. The Kier molecular flexibility index (Phi) is 7.78. The van der Waals surface area contributed by atoms with Gasteiger partial charge < -0.3 is 13.7 Å². The van der Waals surface area contributed by atoms with Crippen molar-refractivity contribution in [2.24, 2.45) is 0 Å². The van der Waals surface area contributed by atoms with Gasteiger partial charge in [0.05, 0.1) is 5.69 Å². The van der Waals surface area contributed by atoms with Gasteiger partial charge in [-0.3, -0.25) is 0 Å². The highest BCUT2D eigenvalue weighted by molar-refractivity contribution is 7.26. The fourth-order valence-corrected chi connectivity index (χ4v) is 10.8. The van der Waals surface area contributed by atoms with Gasteiger partial charge in [0.15, 0.2) is 0 Å². The first kappa shape index (κ1) is 34.9. The maximum absolute atomic E-state index is 6.81. The maximum atomic E-state index is 6.81. The number of benzene rings is 10. The average molecular weight is 810 g/mol. The lowest BCUT2D eigenvalue weighted by Crippen LogP contribution is -2.11. The summed E-state index contributed by atoms with van der Waals surface area (Å²) in [5.41, 5.74) is 13.6. The molecule has 0 saturated carbocycles. The molecule has 0 atom stereocenters. The minimum absolute atomic E-state index is 0.882. The molecule has 0 radical (unpaired) electrons. The van der Waals surface area contributed by atoms with E-state index in [2.05, 4.69) is 205 Å². The molecule has 3 heterocycles. The quantitative estimate of drug-likeness (QED) is 0.168. The molecule has 0 unspecified atom stereocenters. The lowest BCUT2D eigenvalue weighted by Gasteiger charge is -2.28. The Labute approximate surface area is 360 Å². The summed E-state index contributed by atoms with van der Waals surface area (Å²) >= 11 is 1.87. The molecule has 0 fully saturated rings. The van der Waals surface area contributed by atoms with Crippen molar-refractivity contribution < 1.29 is 8.83 Å². The zero-order valence-corrected chi connectivity index (χ0v) is 34.2. The van der Waals surface area contributed by atoms with Crippen molar-refractivity contribution in [1.29, 1.82) is 0 Å². The van der Waals surface area contributed by atoms with E-state index < -0.39 is 0 Å². The van der Waals surface area contributed by atoms with Gasteiger partial charge in [0.1, 0.15) is 22.3 Å². The standard InChI is InChI=1S/C58H35NO2S/c1-2-13-39-35-54-50(34-38(39)12-1)47-20-10-19-46(57(47)61-54)44-14-3-6-22-51(44)59(40-30-26-36(27-31-40)42-17-11-24-53-56(42)49-16-4-7-23-52(49)60-53)41-32-28-37(29-33-41)43-18-9-21-48-45-15-5-8-25-55(45)62-58(43)48/h1-35H. The van der Waals surface area contributed by atoms with Crippen LogP contribution < -0.4 is 4.90 Å². The van der Waals surface area contributed by atoms with Gasteiger partial charge in [-0.15, -0.1) is 11.3 Å². The molecule has 290 valence electrons. The molecule has 13 aromatic rings. The second-order valence-corrected chi connectivity index (χ2v) is 17.0. The number of furan rings is 2. The van der Waals surface area contributed by atoms with Crippen LogP contribution in [0.5, 0.6) is 0 Å². The van der Waals surface area contributed by atoms with E-state index >= 15 is 0 Å². The summed E-state index contributed by atoms with van der Waals surface area (Å²) in [5.74, 6) is 0. The molecule has 10 aromatic carbocycles. The van der Waals surface area contributed by atoms with E-state index in [1.807, 2.05) is 23.5 Å². The smallest absolute Gasteiger partial charge is 0.143 e. The molecule has 13 rings (SSSR count). The van der Waals surface area contributed by atoms with Crippen molar-refractivity contribution in [3.63, 3.8) is 0 Å². The first-order valence-electron chi connectivity index (χ1n) is 21.0. The first-order valence-corrected chi connectivity index (χ1v) is 21.8. The van der Waals surface area contributed by atoms with Crippen LogP contribution in [0.15, 0.2) is 221 Å². The maximum Gasteiger partial charge on any atom is 0.143 e. The number of nitrogens with zero attached hydrogens (tertiary/aromatic N) is 1. The highest BCUT2D eigenvalue weighted by atomic mass is 32.1. The average Bonchev–Trinajstić information content (AvgIpc) is 4.03. The van der Waals surface area contributed by atoms with Crippen molar-refractivity contribution in [2.45, 2.75) is 0 Å². The van der Waals surface area contributed by atoms with E-state index in [4.69, 9.17) is 8.83 Å². The number of hydrogen-bond acceptors (Lipinski definition) is 4. The van der Waals surface area contributed by atoms with Crippen LogP contribution in [0.25, 0.3) is 108 Å². The van der Waals surface area contributed by atoms with Crippen LogP contribution >= 0.6 is 11.3 Å². The molecule has 4 heteroatoms. The first-order chi connectivity index (χ1) is 30.7. The number of rotatable bonds is 6. The monoisotopic (exact) mass is 809 g/mol. The summed E-state index contributed by atoms with van der Waals surface area (Å²) in [6.07, 6.45) is 0. The molecule has 0 bridgehead atoms. The van der Waals surface area contributed by atoms with Gasteiger partial charge in [-0.25, -0.2) is 0 Å². The van der Waals surface area contributed by atoms with Crippen LogP contribution in [0, 0.1) is 0 Å². The van der Waals surface area contributed by atoms with E-state index in [0.29, 0.717) is 0 Å². The third-order valence-corrected chi connectivity index (χ3v) is 13.7. The molecule has 0 aliphatic heterocycles. The highest BCUT2D eigenvalue weighted by Crippen LogP contribution is 2.47. The van der Waals surface area contributed by atoms with Crippen molar-refractivity contribution in [2.75, 3.05) is 4.90 Å². The minimum atomic E-state index is 0.882. The fourth-order valence-electron chi connectivity index (χ4n) is 9.59. The zero-order chi connectivity index (χ0) is 40.7. The molecule has 62 heavy (non-hydrogen) atoms. The molecule has 0 spiro atoms. The topological polar surface area (TPSA) is 29.5 Å². The molecule has 3 nitrogen and oxygen atoms in total. The second kappa shape index (κ2) is 13.8. The molecular formula is C58H35NO2S. The largest absolute Gasteiger partial charge is 0.456 e. The fraction of sp³-hybridized carbons (Fsp3) is 0. The number of para-hydroxylation sites is 3. The van der Waals surface area contributed by atoms with Crippen LogP contribution in [-0.2, 0) is 0 Å². The number of thiophene rings is 1. The predicted molar refractivity (Wildman–Crippen MR) is 262 cm³/mol. The van der Waals surface area contributed by atoms with Crippen molar-refractivity contribution >= 4 is 103 Å². The number of anilines is 3. The Hall–Kier alpha value is -7.92. The van der Waals surface area contributed by atoms with Gasteiger partial charge in [-0.1, -0.05) is 152 Å². The number of hydrogen-bond donors (Lipinski definition) is 0. The van der Waals surface area contributed by atoms with E-state index in [0.717, 1.165) is 83.2 Å². The van der Waals surface area contributed by atoms with E-state index in [1.165, 1.54) is 42.1 Å². The van der Waals surface area contributed by atoms with Gasteiger partial charge in [-0.05, 0) is 93.7 Å². The number of fused-ring (bicyclic) bond motifs is 10. The summed E-state index contributed by atoms with van der Waals surface area (Å²) in [4.78, 5) is 2.38. The van der Waals surface area contributed by atoms with Crippen molar-refractivity contribution in [1.82, 2.24) is 0 Å². The highest BCUT2D eigenvalue weighted by Gasteiger charge is 2.22. The Morgan fingerprint density at radius 2 is 0.935 bits per heavy atom. The van der Waals surface area contributed by atoms with Gasteiger partial charge in [-0.2, -0.15) is 0 Å². The molecule has 0 N–H and O–H groups in total. The van der Waals surface area contributed by atoms with Gasteiger partial charge in [0.2, 0.25) is 0 Å². The molecule has 0 aliphatic carbocycles. The van der Waals surface area contributed by atoms with Crippen molar-refractivity contribution in [3.8, 4) is 33.4 Å². The third-order valence-electron chi connectivity index (χ3n) is 12.5. The zero-order valence-electron chi connectivity index (χ0n) is 33.4. The molecule has 0 saturated heterocycles. The van der Waals surface area contributed by atoms with Crippen LogP contribution in [0.4, 0.5) is 17.1 Å². The molecule has 3 aromatic heterocycles. The van der Waals surface area contributed by atoms with Crippen LogP contribution in [-0.4, -0.2) is 0 Å². The second-order valence-electron chi connectivity index (χ2n) is 16.0. The lowest BCUT2D eigenvalue weighted by molar-refractivity contribution is 0.669. The van der Waals surface area contributed by atoms with Crippen LogP contribution in [0.1, 0.15) is 0 Å². The Morgan fingerprint density at radius 1 is 0.355 bits per heavy atom. The molecule has 0 aliphatic rings. The van der Waals surface area contributed by atoms with E-state index in [-0.39, 0.29) is 0 Å². The third kappa shape index (κ3) is 5.44. The SMILES string of the molecule is c1ccc(N(c2ccc(-c3cccc4c3sc3ccccc34)cc2)c2ccc(-c3cccc4oc5ccccc5c34)cc2)c(-c2cccc3c2oc2cc4ccccc4cc23)c1. The van der Waals surface area contributed by atoms with Crippen LogP contribution in [0.3, 0.4) is 0 Å². The summed E-state index contributed by atoms with van der Waals surface area (Å²) in [6, 6.07) is 76.2. The van der Waals surface area contributed by atoms with Gasteiger partial charge in [0, 0.05) is 64.2 Å². The van der Waals surface area contributed by atoms with Gasteiger partial charge in [0.25, 0.3) is 0 Å². The summed E-state index contributed by atoms with van der Waals surface area (Å²) in [5, 5.41) is 9.46. The summed E-state index contributed by atoms with van der Waals surface area (Å²) < 4.78 is 15.7. The Balaban J connectivity index is 0.981. The van der Waals surface area contributed by atoms with E-state index in [1.54, 1.807) is 0 Å². The predicted octanol–water partition coefficient (Wildman–Crippen LogP) is 17.5. The normalized spacial score (nSPS) is 11.9. The minimum Gasteiger partial charge on any atom is -0.456 e. The van der Waals surface area contributed by atoms with Gasteiger partial charge >= 0.3 is 0 Å². The summed E-state index contributed by atoms with van der Waals surface area (Å²) in [6.45, 7) is 0. The summed E-state index contributed by atoms with van der Waals surface area (Å²) in [7, 11) is 0. The molecule has 0 amide bonds.